The third-order valence-electron chi connectivity index (χ3n) is 5.36. The molecule has 1 saturated heterocycles. The van der Waals surface area contributed by atoms with Gasteiger partial charge in [-0.05, 0) is 42.8 Å². The van der Waals surface area contributed by atoms with Gasteiger partial charge in [0.2, 0.25) is 0 Å². The van der Waals surface area contributed by atoms with Crippen LogP contribution in [-0.2, 0) is 11.3 Å². The highest BCUT2D eigenvalue weighted by atomic mass is 35.5. The number of morpholine rings is 1. The van der Waals surface area contributed by atoms with E-state index in [1.165, 1.54) is 0 Å². The van der Waals surface area contributed by atoms with Gasteiger partial charge in [-0.15, -0.1) is 0 Å². The van der Waals surface area contributed by atoms with Crippen LogP contribution in [0.1, 0.15) is 22.8 Å². The first-order chi connectivity index (χ1) is 15.6. The number of nitrogens with zero attached hydrogens (tertiary/aromatic N) is 2. The summed E-state index contributed by atoms with van der Waals surface area (Å²) in [7, 11) is 1.62. The molecule has 2 heterocycles. The molecular formula is C24H26ClN3O4. The molecule has 3 aromatic rings. The number of hydrogen-bond donors (Lipinski definition) is 1. The molecule has 0 bridgehead atoms. The van der Waals surface area contributed by atoms with Gasteiger partial charge >= 0.3 is 0 Å². The summed E-state index contributed by atoms with van der Waals surface area (Å²) in [5.74, 6) is 1.29. The average molecular weight is 456 g/mol. The molecule has 0 aliphatic carbocycles. The van der Waals surface area contributed by atoms with Crippen LogP contribution in [0.25, 0.3) is 10.9 Å². The first kappa shape index (κ1) is 22.2. The fourth-order valence-electron chi connectivity index (χ4n) is 3.74. The van der Waals surface area contributed by atoms with E-state index in [9.17, 15) is 4.79 Å². The predicted molar refractivity (Wildman–Crippen MR) is 125 cm³/mol. The fraction of sp³-hybridized carbons (Fsp3) is 0.333. The van der Waals surface area contributed by atoms with Crippen LogP contribution in [0.2, 0.25) is 5.02 Å². The van der Waals surface area contributed by atoms with E-state index in [4.69, 9.17) is 25.8 Å². The van der Waals surface area contributed by atoms with E-state index in [1.54, 1.807) is 24.3 Å². The highest BCUT2D eigenvalue weighted by Gasteiger charge is 2.23. The molecule has 4 rings (SSSR count). The van der Waals surface area contributed by atoms with Gasteiger partial charge in [-0.1, -0.05) is 17.7 Å². The Labute approximate surface area is 192 Å². The van der Waals surface area contributed by atoms with E-state index in [2.05, 4.69) is 10.3 Å². The number of carbonyl (C=O) groups excluding carboxylic acids is 1. The van der Waals surface area contributed by atoms with Gasteiger partial charge in [0.25, 0.3) is 5.91 Å². The molecular weight excluding hydrogens is 430 g/mol. The Kier molecular flexibility index (Phi) is 6.97. The lowest BCUT2D eigenvalue weighted by Crippen LogP contribution is -2.41. The van der Waals surface area contributed by atoms with Crippen molar-refractivity contribution < 1.29 is 19.0 Å². The smallest absolute Gasteiger partial charge is 0.257 e. The Balaban J connectivity index is 1.69. The van der Waals surface area contributed by atoms with Crippen LogP contribution in [0.5, 0.6) is 11.5 Å². The van der Waals surface area contributed by atoms with Gasteiger partial charge in [0.15, 0.2) is 11.5 Å². The minimum absolute atomic E-state index is 0.0742. The number of nitrogens with one attached hydrogen (secondary N) is 1. The van der Waals surface area contributed by atoms with Crippen LogP contribution < -0.4 is 14.8 Å². The summed E-state index contributed by atoms with van der Waals surface area (Å²) in [6, 6.07) is 11.3. The lowest BCUT2D eigenvalue weighted by atomic mass is 10.1. The maximum absolute atomic E-state index is 13.3. The van der Waals surface area contributed by atoms with Crippen molar-refractivity contribution in [3.8, 4) is 11.5 Å². The van der Waals surface area contributed by atoms with Crippen LogP contribution in [0.15, 0.2) is 42.6 Å². The summed E-state index contributed by atoms with van der Waals surface area (Å²) in [6.45, 7) is 5.14. The zero-order chi connectivity index (χ0) is 22.5. The molecule has 1 amide bonds. The number of pyridine rings is 1. The number of carbonyl (C=O) groups is 1. The van der Waals surface area contributed by atoms with Crippen molar-refractivity contribution in [2.75, 3.05) is 45.3 Å². The number of hydrogen-bond acceptors (Lipinski definition) is 6. The molecule has 1 aromatic heterocycles. The number of ether oxygens (including phenoxy) is 3. The second-order valence-corrected chi connectivity index (χ2v) is 7.82. The summed E-state index contributed by atoms with van der Waals surface area (Å²) in [5.41, 5.74) is 2.98. The highest BCUT2D eigenvalue weighted by molar-refractivity contribution is 6.31. The lowest BCUT2D eigenvalue weighted by Gasteiger charge is -2.28. The van der Waals surface area contributed by atoms with Crippen LogP contribution in [0.3, 0.4) is 0 Å². The van der Waals surface area contributed by atoms with Gasteiger partial charge in [0, 0.05) is 36.2 Å². The van der Waals surface area contributed by atoms with E-state index < -0.39 is 0 Å². The topological polar surface area (TPSA) is 72.9 Å². The largest absolute Gasteiger partial charge is 0.493 e. The molecule has 8 heteroatoms. The molecule has 7 nitrogen and oxygen atoms in total. The normalized spacial score (nSPS) is 13.8. The summed E-state index contributed by atoms with van der Waals surface area (Å²) < 4.78 is 16.5. The fourth-order valence-corrected chi connectivity index (χ4v) is 3.92. The van der Waals surface area contributed by atoms with E-state index >= 15 is 0 Å². The minimum atomic E-state index is -0.0742. The van der Waals surface area contributed by atoms with Crippen LogP contribution in [-0.4, -0.2) is 55.8 Å². The Morgan fingerprint density at radius 2 is 2.00 bits per heavy atom. The van der Waals surface area contributed by atoms with Gasteiger partial charge in [-0.2, -0.15) is 0 Å². The molecule has 0 radical (unpaired) electrons. The molecule has 0 atom stereocenters. The number of methoxy groups -OCH3 is 1. The molecule has 32 heavy (non-hydrogen) atoms. The van der Waals surface area contributed by atoms with Crippen molar-refractivity contribution in [3.05, 3.63) is 58.7 Å². The van der Waals surface area contributed by atoms with Gasteiger partial charge < -0.3 is 24.4 Å². The molecule has 1 N–H and O–H groups in total. The van der Waals surface area contributed by atoms with Crippen molar-refractivity contribution in [2.24, 2.45) is 0 Å². The van der Waals surface area contributed by atoms with E-state index in [0.29, 0.717) is 67.2 Å². The van der Waals surface area contributed by atoms with Crippen LogP contribution >= 0.6 is 11.6 Å². The molecule has 0 unspecified atom stereocenters. The van der Waals surface area contributed by atoms with Gasteiger partial charge in [-0.3, -0.25) is 9.78 Å². The first-order valence-electron chi connectivity index (χ1n) is 10.6. The van der Waals surface area contributed by atoms with Crippen molar-refractivity contribution in [3.63, 3.8) is 0 Å². The third-order valence-corrected chi connectivity index (χ3v) is 5.59. The monoisotopic (exact) mass is 455 g/mol. The van der Waals surface area contributed by atoms with Gasteiger partial charge in [0.05, 0.1) is 43.7 Å². The molecule has 2 aromatic carbocycles. The second kappa shape index (κ2) is 10.1. The SMILES string of the molecule is CCOc1cc(CNc2c(C(=O)N3CCOCC3)cnc3ccc(Cl)cc23)ccc1OC. The number of anilines is 1. The van der Waals surface area contributed by atoms with E-state index in [1.807, 2.05) is 37.3 Å². The van der Waals surface area contributed by atoms with Gasteiger partial charge in [-0.25, -0.2) is 0 Å². The summed E-state index contributed by atoms with van der Waals surface area (Å²) in [5, 5.41) is 4.84. The number of halogens is 1. The van der Waals surface area contributed by atoms with Crippen molar-refractivity contribution in [1.29, 1.82) is 0 Å². The standard InChI is InChI=1S/C24H26ClN3O4/c1-3-32-22-12-16(4-7-21(22)30-2)14-27-23-18-13-17(25)5-6-20(18)26-15-19(23)24(29)28-8-10-31-11-9-28/h4-7,12-13,15H,3,8-11,14H2,1-2H3,(H,26,27). The van der Waals surface area contributed by atoms with Crippen molar-refractivity contribution >= 4 is 34.1 Å². The number of benzene rings is 2. The zero-order valence-corrected chi connectivity index (χ0v) is 18.9. The number of aromatic nitrogens is 1. The maximum atomic E-state index is 13.3. The van der Waals surface area contributed by atoms with E-state index in [0.717, 1.165) is 16.5 Å². The molecule has 1 aliphatic heterocycles. The predicted octanol–water partition coefficient (Wildman–Crippen LogP) is 4.38. The molecule has 1 fully saturated rings. The molecule has 0 saturated carbocycles. The quantitative estimate of drug-likeness (QED) is 0.570. The van der Waals surface area contributed by atoms with Crippen LogP contribution in [0.4, 0.5) is 5.69 Å². The van der Waals surface area contributed by atoms with E-state index in [-0.39, 0.29) is 5.91 Å². The maximum Gasteiger partial charge on any atom is 0.257 e. The number of fused-ring (bicyclic) bond motifs is 1. The Hall–Kier alpha value is -3.03. The summed E-state index contributed by atoms with van der Waals surface area (Å²) in [4.78, 5) is 19.6. The van der Waals surface area contributed by atoms with Crippen LogP contribution in [0, 0.1) is 0 Å². The minimum Gasteiger partial charge on any atom is -0.493 e. The molecule has 1 aliphatic rings. The Morgan fingerprint density at radius 1 is 1.19 bits per heavy atom. The van der Waals surface area contributed by atoms with Gasteiger partial charge in [0.1, 0.15) is 0 Å². The average Bonchev–Trinajstić information content (AvgIpc) is 2.83. The highest BCUT2D eigenvalue weighted by Crippen LogP contribution is 2.32. The summed E-state index contributed by atoms with van der Waals surface area (Å²) >= 11 is 6.28. The Bertz CT molecular complexity index is 1120. The molecule has 168 valence electrons. The molecule has 0 spiro atoms. The van der Waals surface area contributed by atoms with Crippen molar-refractivity contribution in [2.45, 2.75) is 13.5 Å². The summed E-state index contributed by atoms with van der Waals surface area (Å²) in [6.07, 6.45) is 1.63. The first-order valence-corrected chi connectivity index (χ1v) is 11.0. The number of rotatable bonds is 7. The van der Waals surface area contributed by atoms with Crippen molar-refractivity contribution in [1.82, 2.24) is 9.88 Å². The third kappa shape index (κ3) is 4.74. The number of amides is 1. The Morgan fingerprint density at radius 3 is 2.75 bits per heavy atom. The second-order valence-electron chi connectivity index (χ2n) is 7.38. The zero-order valence-electron chi connectivity index (χ0n) is 18.2. The lowest BCUT2D eigenvalue weighted by molar-refractivity contribution is 0.0303.